The van der Waals surface area contributed by atoms with Crippen LogP contribution in [0.25, 0.3) is 0 Å². The van der Waals surface area contributed by atoms with E-state index in [0.717, 1.165) is 18.6 Å². The summed E-state index contributed by atoms with van der Waals surface area (Å²) in [6, 6.07) is 1.89. The molecule has 0 fully saturated rings. The average molecular weight is 214 g/mol. The molecule has 1 heterocycles. The number of ether oxygens (including phenoxy) is 1. The molecule has 1 N–H and O–H groups in total. The molecule has 0 amide bonds. The monoisotopic (exact) mass is 214 g/mol. The first-order chi connectivity index (χ1) is 7.13. The number of halogens is 2. The summed E-state index contributed by atoms with van der Waals surface area (Å²) in [5.74, 6) is -1.45. The van der Waals surface area contributed by atoms with Gasteiger partial charge < -0.3 is 9.84 Å². The minimum atomic E-state index is -0.926. The van der Waals surface area contributed by atoms with E-state index in [2.05, 4.69) is 0 Å². The number of hydrogen-bond donors (Lipinski definition) is 1. The number of benzene rings is 1. The second-order valence-electron chi connectivity index (χ2n) is 3.70. The maximum atomic E-state index is 13.3. The van der Waals surface area contributed by atoms with Crippen LogP contribution in [0.2, 0.25) is 0 Å². The Morgan fingerprint density at radius 3 is 2.80 bits per heavy atom. The van der Waals surface area contributed by atoms with Gasteiger partial charge in [0.2, 0.25) is 0 Å². The maximum absolute atomic E-state index is 13.3. The normalized spacial score (nSPS) is 23.7. The molecule has 0 saturated heterocycles. The molecule has 0 saturated carbocycles. The van der Waals surface area contributed by atoms with Gasteiger partial charge in [0, 0.05) is 11.6 Å². The molecule has 2 nitrogen and oxygen atoms in total. The highest BCUT2D eigenvalue weighted by Gasteiger charge is 2.34. The molecule has 1 aliphatic rings. The Morgan fingerprint density at radius 1 is 1.40 bits per heavy atom. The van der Waals surface area contributed by atoms with Crippen LogP contribution < -0.4 is 4.74 Å². The highest BCUT2D eigenvalue weighted by molar-refractivity contribution is 5.41. The zero-order chi connectivity index (χ0) is 11.0. The summed E-state index contributed by atoms with van der Waals surface area (Å²) >= 11 is 0. The largest absolute Gasteiger partial charge is 0.484 e. The van der Waals surface area contributed by atoms with E-state index in [1.54, 1.807) is 0 Å². The van der Waals surface area contributed by atoms with E-state index < -0.39 is 23.8 Å². The average Bonchev–Trinajstić information content (AvgIpc) is 2.47. The molecule has 0 aromatic heterocycles. The Kier molecular flexibility index (Phi) is 2.61. The van der Waals surface area contributed by atoms with Crippen molar-refractivity contribution in [1.29, 1.82) is 0 Å². The summed E-state index contributed by atoms with van der Waals surface area (Å²) in [5.41, 5.74) is 0.214. The summed E-state index contributed by atoms with van der Waals surface area (Å²) in [4.78, 5) is 0. The van der Waals surface area contributed by atoms with E-state index >= 15 is 0 Å². The van der Waals surface area contributed by atoms with Gasteiger partial charge in [0.25, 0.3) is 0 Å². The van der Waals surface area contributed by atoms with E-state index in [4.69, 9.17) is 4.74 Å². The zero-order valence-corrected chi connectivity index (χ0v) is 8.34. The van der Waals surface area contributed by atoms with Gasteiger partial charge in [-0.3, -0.25) is 0 Å². The van der Waals surface area contributed by atoms with Crippen molar-refractivity contribution in [1.82, 2.24) is 0 Å². The molecule has 0 aliphatic carbocycles. The van der Waals surface area contributed by atoms with Gasteiger partial charge in [-0.2, -0.15) is 0 Å². The number of rotatable bonds is 2. The molecule has 0 spiro atoms. The van der Waals surface area contributed by atoms with Gasteiger partial charge in [0.1, 0.15) is 18.0 Å². The highest BCUT2D eigenvalue weighted by Crippen LogP contribution is 2.40. The van der Waals surface area contributed by atoms with E-state index in [9.17, 15) is 13.9 Å². The molecule has 0 bridgehead atoms. The van der Waals surface area contributed by atoms with E-state index in [1.807, 2.05) is 6.92 Å². The molecule has 82 valence electrons. The lowest BCUT2D eigenvalue weighted by atomic mass is 10.0. The quantitative estimate of drug-likeness (QED) is 0.819. The fraction of sp³-hybridized carbons (Fsp3) is 0.455. The smallest absolute Gasteiger partial charge is 0.168 e. The fourth-order valence-electron chi connectivity index (χ4n) is 1.84. The molecule has 4 heteroatoms. The van der Waals surface area contributed by atoms with Gasteiger partial charge in [-0.1, -0.05) is 13.3 Å². The Morgan fingerprint density at radius 2 is 2.13 bits per heavy atom. The van der Waals surface area contributed by atoms with Crippen LogP contribution in [0.5, 0.6) is 5.75 Å². The van der Waals surface area contributed by atoms with Crippen molar-refractivity contribution in [2.75, 3.05) is 0 Å². The summed E-state index contributed by atoms with van der Waals surface area (Å²) < 4.78 is 31.4. The van der Waals surface area contributed by atoms with Crippen LogP contribution in [-0.4, -0.2) is 11.2 Å². The molecule has 2 unspecified atom stereocenters. The Hall–Kier alpha value is -1.16. The lowest BCUT2D eigenvalue weighted by Crippen LogP contribution is -2.17. The second-order valence-corrected chi connectivity index (χ2v) is 3.70. The van der Waals surface area contributed by atoms with Crippen LogP contribution in [0.4, 0.5) is 8.78 Å². The van der Waals surface area contributed by atoms with Crippen LogP contribution in [0.15, 0.2) is 12.1 Å². The first-order valence-electron chi connectivity index (χ1n) is 4.97. The molecule has 1 aromatic carbocycles. The van der Waals surface area contributed by atoms with Crippen molar-refractivity contribution < 1.29 is 18.6 Å². The minimum Gasteiger partial charge on any atom is -0.484 e. The van der Waals surface area contributed by atoms with Gasteiger partial charge >= 0.3 is 0 Å². The summed E-state index contributed by atoms with van der Waals surface area (Å²) in [7, 11) is 0. The van der Waals surface area contributed by atoms with Crippen LogP contribution in [0.1, 0.15) is 31.4 Å². The van der Waals surface area contributed by atoms with Gasteiger partial charge in [0.15, 0.2) is 11.6 Å². The lowest BCUT2D eigenvalue weighted by molar-refractivity contribution is 0.0603. The Bertz CT molecular complexity index is 379. The van der Waals surface area contributed by atoms with Gasteiger partial charge in [-0.25, -0.2) is 8.78 Å². The van der Waals surface area contributed by atoms with E-state index in [1.165, 1.54) is 0 Å². The predicted molar refractivity (Wildman–Crippen MR) is 50.6 cm³/mol. The minimum absolute atomic E-state index is 0.0117. The number of hydrogen-bond acceptors (Lipinski definition) is 2. The molecular formula is C11H12F2O2. The van der Waals surface area contributed by atoms with Crippen LogP contribution in [0.3, 0.4) is 0 Å². The van der Waals surface area contributed by atoms with E-state index in [-0.39, 0.29) is 11.3 Å². The molecular weight excluding hydrogens is 202 g/mol. The maximum Gasteiger partial charge on any atom is 0.168 e. The van der Waals surface area contributed by atoms with Crippen LogP contribution in [-0.2, 0) is 0 Å². The van der Waals surface area contributed by atoms with Crippen LogP contribution >= 0.6 is 0 Å². The molecule has 15 heavy (non-hydrogen) atoms. The Balaban J connectivity index is 2.36. The molecule has 1 aromatic rings. The summed E-state index contributed by atoms with van der Waals surface area (Å²) in [6.07, 6.45) is 0.0583. The van der Waals surface area contributed by atoms with Crippen LogP contribution in [0, 0.1) is 11.6 Å². The highest BCUT2D eigenvalue weighted by atomic mass is 19.1. The molecule has 0 radical (unpaired) electrons. The number of aliphatic hydroxyl groups excluding tert-OH is 1. The van der Waals surface area contributed by atoms with Crippen molar-refractivity contribution in [3.05, 3.63) is 29.3 Å². The van der Waals surface area contributed by atoms with Gasteiger partial charge in [0.05, 0.1) is 0 Å². The van der Waals surface area contributed by atoms with Gasteiger partial charge in [-0.15, -0.1) is 0 Å². The van der Waals surface area contributed by atoms with Crippen molar-refractivity contribution >= 4 is 0 Å². The zero-order valence-electron chi connectivity index (χ0n) is 8.34. The third kappa shape index (κ3) is 1.69. The lowest BCUT2D eigenvalue weighted by Gasteiger charge is -2.12. The third-order valence-corrected chi connectivity index (χ3v) is 2.55. The fourth-order valence-corrected chi connectivity index (χ4v) is 1.84. The standard InChI is InChI=1S/C11H12F2O2/c1-2-3-9-10(14)7-4-6(12)5-8(13)11(7)15-9/h4-5,9-10,14H,2-3H2,1H3. The summed E-state index contributed by atoms with van der Waals surface area (Å²) in [6.45, 7) is 1.94. The Labute approximate surface area is 86.5 Å². The second kappa shape index (κ2) is 3.77. The molecule has 2 atom stereocenters. The SMILES string of the molecule is CCCC1Oc2c(F)cc(F)cc2C1O. The molecule has 2 rings (SSSR count). The summed E-state index contributed by atoms with van der Waals surface area (Å²) in [5, 5.41) is 9.76. The molecule has 1 aliphatic heterocycles. The number of aliphatic hydroxyl groups is 1. The third-order valence-electron chi connectivity index (χ3n) is 2.55. The number of fused-ring (bicyclic) bond motifs is 1. The first-order valence-corrected chi connectivity index (χ1v) is 4.97. The first kappa shape index (κ1) is 10.4. The topological polar surface area (TPSA) is 29.5 Å². The predicted octanol–water partition coefficient (Wildman–Crippen LogP) is 2.56. The van der Waals surface area contributed by atoms with Crippen molar-refractivity contribution in [3.63, 3.8) is 0 Å². The van der Waals surface area contributed by atoms with Crippen molar-refractivity contribution in [2.45, 2.75) is 32.0 Å². The van der Waals surface area contributed by atoms with Crippen molar-refractivity contribution in [3.8, 4) is 5.75 Å². The van der Waals surface area contributed by atoms with E-state index in [0.29, 0.717) is 6.42 Å². The van der Waals surface area contributed by atoms with Crippen molar-refractivity contribution in [2.24, 2.45) is 0 Å². The van der Waals surface area contributed by atoms with Gasteiger partial charge in [-0.05, 0) is 12.5 Å².